The second kappa shape index (κ2) is 5.38. The third kappa shape index (κ3) is 3.35. The van der Waals surface area contributed by atoms with Crippen LogP contribution in [-0.2, 0) is 12.8 Å². The van der Waals surface area contributed by atoms with Gasteiger partial charge in [-0.1, -0.05) is 18.2 Å². The molecule has 1 aromatic carbocycles. The average molecular weight is 251 g/mol. The molecule has 1 atom stereocenters. The molecule has 17 heavy (non-hydrogen) atoms. The maximum atomic E-state index is 13.4. The van der Waals surface area contributed by atoms with Crippen molar-refractivity contribution in [3.63, 3.8) is 0 Å². The number of benzene rings is 1. The number of hydrogen-bond acceptors (Lipinski definition) is 3. The van der Waals surface area contributed by atoms with E-state index in [1.54, 1.807) is 19.1 Å². The van der Waals surface area contributed by atoms with E-state index in [9.17, 15) is 9.50 Å². The molecule has 0 amide bonds. The highest BCUT2D eigenvalue weighted by Crippen LogP contribution is 2.17. The van der Waals surface area contributed by atoms with Gasteiger partial charge < -0.3 is 5.11 Å². The van der Waals surface area contributed by atoms with E-state index in [1.807, 2.05) is 11.4 Å². The van der Waals surface area contributed by atoms with Gasteiger partial charge in [0.1, 0.15) is 5.82 Å². The normalized spacial score (nSPS) is 12.6. The smallest absolute Gasteiger partial charge is 0.126 e. The Morgan fingerprint density at radius 2 is 2.18 bits per heavy atom. The Labute approximate surface area is 104 Å². The molecule has 0 spiro atoms. The van der Waals surface area contributed by atoms with Gasteiger partial charge in [0.25, 0.3) is 0 Å². The van der Waals surface area contributed by atoms with E-state index in [1.165, 1.54) is 17.4 Å². The number of nitrogens with zero attached hydrogens (tertiary/aromatic N) is 1. The van der Waals surface area contributed by atoms with E-state index in [2.05, 4.69) is 4.98 Å². The molecule has 1 unspecified atom stereocenters. The molecule has 0 bridgehead atoms. The van der Waals surface area contributed by atoms with Crippen LogP contribution in [0.1, 0.15) is 23.2 Å². The van der Waals surface area contributed by atoms with E-state index in [0.717, 1.165) is 10.7 Å². The number of thiazole rings is 1. The second-order valence-electron chi connectivity index (χ2n) is 4.05. The Hall–Kier alpha value is -1.26. The molecule has 90 valence electrons. The van der Waals surface area contributed by atoms with Crippen LogP contribution in [0.3, 0.4) is 0 Å². The van der Waals surface area contributed by atoms with Crippen molar-refractivity contribution in [2.24, 2.45) is 0 Å². The van der Waals surface area contributed by atoms with Crippen molar-refractivity contribution in [2.45, 2.75) is 25.9 Å². The fourth-order valence-corrected chi connectivity index (χ4v) is 2.46. The minimum Gasteiger partial charge on any atom is -0.393 e. The monoisotopic (exact) mass is 251 g/mol. The Morgan fingerprint density at radius 3 is 2.88 bits per heavy atom. The van der Waals surface area contributed by atoms with E-state index < -0.39 is 6.10 Å². The molecule has 1 heterocycles. The van der Waals surface area contributed by atoms with Crippen LogP contribution >= 0.6 is 11.3 Å². The molecule has 0 radical (unpaired) electrons. The minimum atomic E-state index is -0.390. The number of hydrogen-bond donors (Lipinski definition) is 1. The van der Waals surface area contributed by atoms with Crippen LogP contribution in [-0.4, -0.2) is 16.2 Å². The van der Waals surface area contributed by atoms with E-state index in [-0.39, 0.29) is 5.82 Å². The average Bonchev–Trinajstić information content (AvgIpc) is 2.68. The van der Waals surface area contributed by atoms with E-state index in [0.29, 0.717) is 18.4 Å². The van der Waals surface area contributed by atoms with Crippen molar-refractivity contribution in [3.05, 3.63) is 51.7 Å². The molecule has 2 aromatic rings. The zero-order valence-electron chi connectivity index (χ0n) is 9.56. The fourth-order valence-electron chi connectivity index (χ4n) is 1.63. The number of halogens is 1. The van der Waals surface area contributed by atoms with Crippen molar-refractivity contribution >= 4 is 11.3 Å². The Kier molecular flexibility index (Phi) is 3.86. The number of aliphatic hydroxyl groups is 1. The first-order valence-corrected chi connectivity index (χ1v) is 6.38. The molecule has 2 rings (SSSR count). The summed E-state index contributed by atoms with van der Waals surface area (Å²) in [5.74, 6) is -0.195. The predicted molar refractivity (Wildman–Crippen MR) is 66.7 cm³/mol. The molecule has 1 N–H and O–H groups in total. The van der Waals surface area contributed by atoms with Gasteiger partial charge in [0.2, 0.25) is 0 Å². The predicted octanol–water partition coefficient (Wildman–Crippen LogP) is 2.80. The summed E-state index contributed by atoms with van der Waals surface area (Å²) in [6.07, 6.45) is 0.670. The Morgan fingerprint density at radius 1 is 1.41 bits per heavy atom. The van der Waals surface area contributed by atoms with Gasteiger partial charge in [-0.2, -0.15) is 0 Å². The highest BCUT2D eigenvalue weighted by molar-refractivity contribution is 7.09. The van der Waals surface area contributed by atoms with Gasteiger partial charge in [-0.3, -0.25) is 0 Å². The van der Waals surface area contributed by atoms with Crippen molar-refractivity contribution in [1.82, 2.24) is 4.98 Å². The van der Waals surface area contributed by atoms with Crippen LogP contribution < -0.4 is 0 Å². The maximum absolute atomic E-state index is 13.4. The van der Waals surface area contributed by atoms with Crippen LogP contribution in [0.15, 0.2) is 29.6 Å². The van der Waals surface area contributed by atoms with Gasteiger partial charge in [0.15, 0.2) is 0 Å². The van der Waals surface area contributed by atoms with Crippen molar-refractivity contribution < 1.29 is 9.50 Å². The van der Waals surface area contributed by atoms with Gasteiger partial charge in [0.05, 0.1) is 16.8 Å². The summed E-state index contributed by atoms with van der Waals surface area (Å²) in [6.45, 7) is 1.73. The highest BCUT2D eigenvalue weighted by atomic mass is 32.1. The molecule has 2 nitrogen and oxygen atoms in total. The maximum Gasteiger partial charge on any atom is 0.126 e. The first-order chi connectivity index (χ1) is 8.15. The van der Waals surface area contributed by atoms with Crippen LogP contribution in [0.2, 0.25) is 0 Å². The van der Waals surface area contributed by atoms with Crippen LogP contribution in [0, 0.1) is 5.82 Å². The quantitative estimate of drug-likeness (QED) is 0.906. The lowest BCUT2D eigenvalue weighted by Gasteiger charge is -2.00. The highest BCUT2D eigenvalue weighted by Gasteiger charge is 2.08. The topological polar surface area (TPSA) is 33.1 Å². The van der Waals surface area contributed by atoms with Gasteiger partial charge in [-0.05, 0) is 18.6 Å². The van der Waals surface area contributed by atoms with E-state index >= 15 is 0 Å². The molecular formula is C13H14FNOS. The summed E-state index contributed by atoms with van der Waals surface area (Å²) in [7, 11) is 0. The number of aliphatic hydroxyl groups excluding tert-OH is 1. The van der Waals surface area contributed by atoms with Gasteiger partial charge >= 0.3 is 0 Å². The minimum absolute atomic E-state index is 0.195. The summed E-state index contributed by atoms with van der Waals surface area (Å²) in [4.78, 5) is 4.38. The second-order valence-corrected chi connectivity index (χ2v) is 5.00. The summed E-state index contributed by atoms with van der Waals surface area (Å²) in [6, 6.07) is 6.73. The largest absolute Gasteiger partial charge is 0.393 e. The molecule has 0 fully saturated rings. The lowest BCUT2D eigenvalue weighted by atomic mass is 10.1. The summed E-state index contributed by atoms with van der Waals surface area (Å²) in [5, 5.41) is 12.1. The third-order valence-electron chi connectivity index (χ3n) is 2.40. The zero-order chi connectivity index (χ0) is 12.3. The van der Waals surface area contributed by atoms with Crippen LogP contribution in [0.5, 0.6) is 0 Å². The molecule has 0 aliphatic heterocycles. The summed E-state index contributed by atoms with van der Waals surface area (Å²) in [5.41, 5.74) is 1.53. The molecule has 0 aliphatic carbocycles. The summed E-state index contributed by atoms with van der Waals surface area (Å²) >= 11 is 1.51. The first-order valence-electron chi connectivity index (χ1n) is 5.50. The van der Waals surface area contributed by atoms with Crippen LogP contribution in [0.4, 0.5) is 4.39 Å². The van der Waals surface area contributed by atoms with Crippen molar-refractivity contribution in [1.29, 1.82) is 0 Å². The molecule has 0 saturated carbocycles. The molecule has 0 saturated heterocycles. The number of aromatic nitrogens is 1. The van der Waals surface area contributed by atoms with Crippen molar-refractivity contribution in [2.75, 3.05) is 0 Å². The zero-order valence-corrected chi connectivity index (χ0v) is 10.4. The third-order valence-corrected chi connectivity index (χ3v) is 3.30. The fraction of sp³-hybridized carbons (Fsp3) is 0.308. The molecular weight excluding hydrogens is 237 g/mol. The SMILES string of the molecule is CC(O)Cc1csc(Cc2ccccc2F)n1. The first kappa shape index (κ1) is 12.2. The molecule has 4 heteroatoms. The molecule has 0 aliphatic rings. The van der Waals surface area contributed by atoms with Gasteiger partial charge in [0, 0.05) is 18.2 Å². The standard InChI is InChI=1S/C13H14FNOS/c1-9(16)6-11-8-17-13(15-11)7-10-4-2-3-5-12(10)14/h2-5,8-9,16H,6-7H2,1H3. The van der Waals surface area contributed by atoms with E-state index in [4.69, 9.17) is 0 Å². The van der Waals surface area contributed by atoms with Crippen LogP contribution in [0.25, 0.3) is 0 Å². The Balaban J connectivity index is 2.09. The van der Waals surface area contributed by atoms with Gasteiger partial charge in [-0.25, -0.2) is 9.37 Å². The van der Waals surface area contributed by atoms with Gasteiger partial charge in [-0.15, -0.1) is 11.3 Å². The summed E-state index contributed by atoms with van der Waals surface area (Å²) < 4.78 is 13.4. The lowest BCUT2D eigenvalue weighted by Crippen LogP contribution is -2.04. The Bertz CT molecular complexity index is 496. The lowest BCUT2D eigenvalue weighted by molar-refractivity contribution is 0.194. The number of rotatable bonds is 4. The molecule has 1 aromatic heterocycles. The van der Waals surface area contributed by atoms with Crippen molar-refractivity contribution in [3.8, 4) is 0 Å².